The first-order valence-electron chi connectivity index (χ1n) is 5.78. The summed E-state index contributed by atoms with van der Waals surface area (Å²) >= 11 is 1.74. The maximum absolute atomic E-state index is 11.8. The molecule has 0 radical (unpaired) electrons. The lowest BCUT2D eigenvalue weighted by atomic mass is 9.88. The molecular weight excluding hydrogens is 256 g/mol. The van der Waals surface area contributed by atoms with Crippen LogP contribution in [-0.4, -0.2) is 25.5 Å². The van der Waals surface area contributed by atoms with E-state index in [0.717, 1.165) is 26.1 Å². The molecule has 2 heterocycles. The van der Waals surface area contributed by atoms with Crippen LogP contribution in [0.1, 0.15) is 11.8 Å². The monoisotopic (exact) mass is 274 g/mol. The Hall–Kier alpha value is -0.580. The van der Waals surface area contributed by atoms with Crippen molar-refractivity contribution in [1.82, 2.24) is 10.6 Å². The lowest BCUT2D eigenvalue weighted by Crippen LogP contribution is -2.49. The largest absolute Gasteiger partial charge is 0.355 e. The molecule has 2 rings (SSSR count). The van der Waals surface area contributed by atoms with Crippen LogP contribution >= 0.6 is 23.7 Å². The van der Waals surface area contributed by atoms with Crippen molar-refractivity contribution in [1.29, 1.82) is 0 Å². The van der Waals surface area contributed by atoms with Gasteiger partial charge >= 0.3 is 0 Å². The number of carbonyl (C=O) groups excluding carboxylic acids is 1. The molecule has 0 aliphatic carbocycles. The van der Waals surface area contributed by atoms with Gasteiger partial charge in [0.15, 0.2) is 0 Å². The molecule has 1 aromatic heterocycles. The minimum absolute atomic E-state index is 0. The molecule has 0 spiro atoms. The Morgan fingerprint density at radius 1 is 1.65 bits per heavy atom. The van der Waals surface area contributed by atoms with Gasteiger partial charge in [0, 0.05) is 17.3 Å². The minimum Gasteiger partial charge on any atom is -0.355 e. The minimum atomic E-state index is 0. The summed E-state index contributed by atoms with van der Waals surface area (Å²) in [5.74, 6) is 0.870. The summed E-state index contributed by atoms with van der Waals surface area (Å²) in [5.41, 5.74) is 0. The van der Waals surface area contributed by atoms with Crippen LogP contribution in [0, 0.1) is 11.8 Å². The standard InChI is InChI=1S/C12H18N2OS.ClH/c1-9(10-7-13-8-10)12(15)14-5-4-11-3-2-6-16-11;/h2-3,6,9-10,13H,4-5,7-8H2,1H3,(H,14,15);1H. The SMILES string of the molecule is CC(C(=O)NCCc1cccs1)C1CNC1.Cl. The summed E-state index contributed by atoms with van der Waals surface area (Å²) in [6.07, 6.45) is 0.943. The van der Waals surface area contributed by atoms with Crippen LogP contribution in [0.2, 0.25) is 0 Å². The molecule has 0 bridgehead atoms. The molecule has 3 nitrogen and oxygen atoms in total. The van der Waals surface area contributed by atoms with E-state index < -0.39 is 0 Å². The fraction of sp³-hybridized carbons (Fsp3) is 0.583. The van der Waals surface area contributed by atoms with Crippen molar-refractivity contribution in [3.8, 4) is 0 Å². The predicted molar refractivity (Wildman–Crippen MR) is 73.8 cm³/mol. The number of nitrogens with one attached hydrogen (secondary N) is 2. The van der Waals surface area contributed by atoms with Gasteiger partial charge in [-0.05, 0) is 36.9 Å². The van der Waals surface area contributed by atoms with Gasteiger partial charge in [-0.25, -0.2) is 0 Å². The molecule has 1 aromatic rings. The van der Waals surface area contributed by atoms with Gasteiger partial charge in [0.05, 0.1) is 0 Å². The lowest BCUT2D eigenvalue weighted by molar-refractivity contribution is -0.126. The molecule has 5 heteroatoms. The molecule has 1 unspecified atom stereocenters. The molecule has 1 atom stereocenters. The number of carbonyl (C=O) groups is 1. The Labute approximate surface area is 112 Å². The van der Waals surface area contributed by atoms with E-state index in [9.17, 15) is 4.79 Å². The summed E-state index contributed by atoms with van der Waals surface area (Å²) < 4.78 is 0. The van der Waals surface area contributed by atoms with E-state index in [4.69, 9.17) is 0 Å². The van der Waals surface area contributed by atoms with Gasteiger partial charge in [-0.2, -0.15) is 0 Å². The molecule has 96 valence electrons. The highest BCUT2D eigenvalue weighted by Gasteiger charge is 2.28. The molecule has 2 N–H and O–H groups in total. The average Bonchev–Trinajstić information content (AvgIpc) is 2.67. The highest BCUT2D eigenvalue weighted by molar-refractivity contribution is 7.09. The average molecular weight is 275 g/mol. The number of amides is 1. The Kier molecular flexibility index (Phi) is 5.95. The smallest absolute Gasteiger partial charge is 0.223 e. The molecule has 1 saturated heterocycles. The zero-order chi connectivity index (χ0) is 11.4. The van der Waals surface area contributed by atoms with Gasteiger partial charge in [0.2, 0.25) is 5.91 Å². The molecule has 17 heavy (non-hydrogen) atoms. The fourth-order valence-electron chi connectivity index (χ4n) is 1.80. The maximum Gasteiger partial charge on any atom is 0.223 e. The first-order valence-corrected chi connectivity index (χ1v) is 6.66. The topological polar surface area (TPSA) is 41.1 Å². The van der Waals surface area contributed by atoms with E-state index in [1.807, 2.05) is 13.0 Å². The number of rotatable bonds is 5. The number of halogens is 1. The highest BCUT2D eigenvalue weighted by atomic mass is 35.5. The number of hydrogen-bond acceptors (Lipinski definition) is 3. The van der Waals surface area contributed by atoms with Crippen molar-refractivity contribution in [2.24, 2.45) is 11.8 Å². The van der Waals surface area contributed by atoms with Gasteiger partial charge in [-0.3, -0.25) is 4.79 Å². The highest BCUT2D eigenvalue weighted by Crippen LogP contribution is 2.15. The van der Waals surface area contributed by atoms with E-state index in [1.54, 1.807) is 11.3 Å². The van der Waals surface area contributed by atoms with Crippen molar-refractivity contribution in [2.45, 2.75) is 13.3 Å². The third-order valence-electron chi connectivity index (χ3n) is 3.18. The Balaban J connectivity index is 0.00000144. The van der Waals surface area contributed by atoms with Crippen molar-refractivity contribution in [3.05, 3.63) is 22.4 Å². The van der Waals surface area contributed by atoms with Crippen LogP contribution in [-0.2, 0) is 11.2 Å². The van der Waals surface area contributed by atoms with E-state index in [1.165, 1.54) is 4.88 Å². The molecule has 1 aliphatic rings. The van der Waals surface area contributed by atoms with Gasteiger partial charge in [-0.1, -0.05) is 13.0 Å². The predicted octanol–water partition coefficient (Wildman–Crippen LogP) is 1.68. The third-order valence-corrected chi connectivity index (χ3v) is 4.12. The fourth-order valence-corrected chi connectivity index (χ4v) is 2.51. The van der Waals surface area contributed by atoms with Crippen LogP contribution in [0.5, 0.6) is 0 Å². The quantitative estimate of drug-likeness (QED) is 0.858. The maximum atomic E-state index is 11.8. The molecule has 1 fully saturated rings. The van der Waals surface area contributed by atoms with Crippen molar-refractivity contribution in [3.63, 3.8) is 0 Å². The number of hydrogen-bond donors (Lipinski definition) is 2. The van der Waals surface area contributed by atoms with Crippen molar-refractivity contribution >= 4 is 29.7 Å². The lowest BCUT2D eigenvalue weighted by Gasteiger charge is -2.31. The second-order valence-electron chi connectivity index (χ2n) is 4.33. The first-order chi connectivity index (χ1) is 7.77. The molecule has 0 aromatic carbocycles. The van der Waals surface area contributed by atoms with Gasteiger partial charge < -0.3 is 10.6 Å². The van der Waals surface area contributed by atoms with Gasteiger partial charge in [0.1, 0.15) is 0 Å². The van der Waals surface area contributed by atoms with Gasteiger partial charge in [0.25, 0.3) is 0 Å². The van der Waals surface area contributed by atoms with E-state index >= 15 is 0 Å². The summed E-state index contributed by atoms with van der Waals surface area (Å²) in [4.78, 5) is 13.1. The summed E-state index contributed by atoms with van der Waals surface area (Å²) in [5, 5.41) is 8.28. The zero-order valence-corrected chi connectivity index (χ0v) is 11.6. The van der Waals surface area contributed by atoms with Crippen LogP contribution in [0.15, 0.2) is 17.5 Å². The van der Waals surface area contributed by atoms with Crippen molar-refractivity contribution < 1.29 is 4.79 Å². The third kappa shape index (κ3) is 3.98. The van der Waals surface area contributed by atoms with Crippen LogP contribution in [0.25, 0.3) is 0 Å². The second-order valence-corrected chi connectivity index (χ2v) is 5.36. The molecule has 1 amide bonds. The van der Waals surface area contributed by atoms with Crippen LogP contribution in [0.3, 0.4) is 0 Å². The van der Waals surface area contributed by atoms with Crippen molar-refractivity contribution in [2.75, 3.05) is 19.6 Å². The summed E-state index contributed by atoms with van der Waals surface area (Å²) in [6, 6.07) is 4.15. The van der Waals surface area contributed by atoms with Gasteiger partial charge in [-0.15, -0.1) is 23.7 Å². The Bertz CT molecular complexity index is 338. The molecule has 0 saturated carbocycles. The van der Waals surface area contributed by atoms with Crippen LogP contribution < -0.4 is 10.6 Å². The van der Waals surface area contributed by atoms with E-state index in [0.29, 0.717) is 5.92 Å². The van der Waals surface area contributed by atoms with E-state index in [-0.39, 0.29) is 24.2 Å². The molecular formula is C12H19ClN2OS. The number of thiophene rings is 1. The van der Waals surface area contributed by atoms with E-state index in [2.05, 4.69) is 22.1 Å². The Morgan fingerprint density at radius 2 is 2.41 bits per heavy atom. The normalized spacial score (nSPS) is 16.8. The second kappa shape index (κ2) is 6.99. The summed E-state index contributed by atoms with van der Waals surface area (Å²) in [6.45, 7) is 4.74. The zero-order valence-electron chi connectivity index (χ0n) is 9.94. The molecule has 1 aliphatic heterocycles. The Morgan fingerprint density at radius 3 is 2.94 bits per heavy atom. The first kappa shape index (κ1) is 14.5. The summed E-state index contributed by atoms with van der Waals surface area (Å²) in [7, 11) is 0. The van der Waals surface area contributed by atoms with Crippen LogP contribution in [0.4, 0.5) is 0 Å².